The van der Waals surface area contributed by atoms with Crippen molar-refractivity contribution in [1.29, 1.82) is 0 Å². The van der Waals surface area contributed by atoms with Gasteiger partial charge in [0.1, 0.15) is 0 Å². The van der Waals surface area contributed by atoms with Crippen molar-refractivity contribution in [1.82, 2.24) is 0 Å². The average molecular weight is 184 g/mol. The van der Waals surface area contributed by atoms with Crippen LogP contribution in [0.25, 0.3) is 0 Å². The van der Waals surface area contributed by atoms with Crippen molar-refractivity contribution in [2.45, 2.75) is 26.1 Å². The van der Waals surface area contributed by atoms with Gasteiger partial charge in [-0.2, -0.15) is 0 Å². The molecule has 0 bridgehead atoms. The molecule has 0 radical (unpaired) electrons. The summed E-state index contributed by atoms with van der Waals surface area (Å²) in [5.74, 6) is 0.721. The summed E-state index contributed by atoms with van der Waals surface area (Å²) in [6.07, 6.45) is 3.42. The van der Waals surface area contributed by atoms with Gasteiger partial charge in [-0.1, -0.05) is 13.3 Å². The molecule has 74 valence electrons. The fourth-order valence-corrected chi connectivity index (χ4v) is 1.03. The highest BCUT2D eigenvalue weighted by molar-refractivity contribution is 4.99. The van der Waals surface area contributed by atoms with E-state index in [0.717, 1.165) is 18.6 Å². The molecule has 0 amide bonds. The molecule has 1 rings (SSSR count). The molecular formula is C10H16O3. The first-order valence-corrected chi connectivity index (χ1v) is 4.56. The fraction of sp³-hybridized carbons (Fsp3) is 0.600. The van der Waals surface area contributed by atoms with Gasteiger partial charge in [-0.15, -0.1) is 0 Å². The molecule has 0 aliphatic rings. The third kappa shape index (κ3) is 3.20. The molecule has 0 aliphatic heterocycles. The molecule has 1 aromatic rings. The predicted molar refractivity (Wildman–Crippen MR) is 49.3 cm³/mol. The summed E-state index contributed by atoms with van der Waals surface area (Å²) in [5, 5.41) is 0. The zero-order chi connectivity index (χ0) is 9.52. The maximum absolute atomic E-state index is 5.46. The average Bonchev–Trinajstić information content (AvgIpc) is 2.65. The Bertz CT molecular complexity index is 206. The van der Waals surface area contributed by atoms with Gasteiger partial charge >= 0.3 is 0 Å². The molecule has 3 heteroatoms. The van der Waals surface area contributed by atoms with Crippen LogP contribution in [0, 0.1) is 0 Å². The van der Waals surface area contributed by atoms with Crippen molar-refractivity contribution in [2.24, 2.45) is 0 Å². The number of hydrogen-bond donors (Lipinski definition) is 0. The quantitative estimate of drug-likeness (QED) is 0.503. The van der Waals surface area contributed by atoms with Crippen LogP contribution in [0.15, 0.2) is 22.8 Å². The molecule has 0 spiro atoms. The van der Waals surface area contributed by atoms with Crippen LogP contribution in [-0.2, 0) is 9.47 Å². The number of hydrogen-bond acceptors (Lipinski definition) is 3. The number of methoxy groups -OCH3 is 1. The van der Waals surface area contributed by atoms with Crippen molar-refractivity contribution in [2.75, 3.05) is 13.7 Å². The normalized spacial score (nSPS) is 13.1. The van der Waals surface area contributed by atoms with E-state index >= 15 is 0 Å². The summed E-state index contributed by atoms with van der Waals surface area (Å²) in [4.78, 5) is 0. The first-order chi connectivity index (χ1) is 6.38. The topological polar surface area (TPSA) is 31.6 Å². The van der Waals surface area contributed by atoms with Gasteiger partial charge in [-0.3, -0.25) is 0 Å². The Balaban J connectivity index is 2.35. The Kier molecular flexibility index (Phi) is 4.57. The second-order valence-electron chi connectivity index (χ2n) is 2.81. The number of rotatable bonds is 6. The highest BCUT2D eigenvalue weighted by Crippen LogP contribution is 2.18. The lowest BCUT2D eigenvalue weighted by atomic mass is 10.3. The molecule has 1 heterocycles. The lowest BCUT2D eigenvalue weighted by Crippen LogP contribution is -2.06. The van der Waals surface area contributed by atoms with E-state index in [1.807, 2.05) is 12.1 Å². The molecule has 0 fully saturated rings. The third-order valence-corrected chi connectivity index (χ3v) is 1.76. The van der Waals surface area contributed by atoms with Crippen LogP contribution in [-0.4, -0.2) is 13.7 Å². The predicted octanol–water partition coefficient (Wildman–Crippen LogP) is 2.74. The smallest absolute Gasteiger partial charge is 0.216 e. The molecule has 3 nitrogen and oxygen atoms in total. The number of furan rings is 1. The maximum Gasteiger partial charge on any atom is 0.216 e. The number of ether oxygens (including phenoxy) is 2. The van der Waals surface area contributed by atoms with Crippen LogP contribution in [0.3, 0.4) is 0 Å². The third-order valence-electron chi connectivity index (χ3n) is 1.76. The minimum absolute atomic E-state index is 0.360. The Morgan fingerprint density at radius 2 is 2.38 bits per heavy atom. The Morgan fingerprint density at radius 3 is 2.92 bits per heavy atom. The van der Waals surface area contributed by atoms with Gasteiger partial charge in [0.25, 0.3) is 0 Å². The first-order valence-electron chi connectivity index (χ1n) is 4.56. The van der Waals surface area contributed by atoms with Crippen molar-refractivity contribution in [3.63, 3.8) is 0 Å². The zero-order valence-corrected chi connectivity index (χ0v) is 8.16. The first kappa shape index (κ1) is 10.3. The van der Waals surface area contributed by atoms with Crippen LogP contribution >= 0.6 is 0 Å². The van der Waals surface area contributed by atoms with Crippen LogP contribution in [0.5, 0.6) is 0 Å². The standard InChI is InChI=1S/C10H16O3/c1-3-4-7-13-10(11-2)9-6-5-8-12-9/h5-6,8,10H,3-4,7H2,1-2H3. The summed E-state index contributed by atoms with van der Waals surface area (Å²) in [6, 6.07) is 3.67. The minimum atomic E-state index is -0.360. The van der Waals surface area contributed by atoms with Crippen molar-refractivity contribution < 1.29 is 13.9 Å². The van der Waals surface area contributed by atoms with E-state index in [0.29, 0.717) is 6.61 Å². The molecule has 1 unspecified atom stereocenters. The minimum Gasteiger partial charge on any atom is -0.464 e. The Labute approximate surface area is 78.6 Å². The molecule has 0 aromatic carbocycles. The monoisotopic (exact) mass is 184 g/mol. The van der Waals surface area contributed by atoms with Crippen LogP contribution in [0.1, 0.15) is 31.8 Å². The summed E-state index contributed by atoms with van der Waals surface area (Å²) < 4.78 is 15.8. The molecule has 0 saturated carbocycles. The number of unbranched alkanes of at least 4 members (excludes halogenated alkanes) is 1. The van der Waals surface area contributed by atoms with E-state index in [1.54, 1.807) is 13.4 Å². The largest absolute Gasteiger partial charge is 0.464 e. The van der Waals surface area contributed by atoms with Gasteiger partial charge in [0.15, 0.2) is 5.76 Å². The van der Waals surface area contributed by atoms with Crippen molar-refractivity contribution >= 4 is 0 Å². The van der Waals surface area contributed by atoms with Crippen LogP contribution in [0.2, 0.25) is 0 Å². The highest BCUT2D eigenvalue weighted by Gasteiger charge is 2.12. The fourth-order valence-electron chi connectivity index (χ4n) is 1.03. The van der Waals surface area contributed by atoms with Gasteiger partial charge in [-0.25, -0.2) is 0 Å². The summed E-state index contributed by atoms with van der Waals surface area (Å²) >= 11 is 0. The van der Waals surface area contributed by atoms with Gasteiger partial charge in [0.05, 0.1) is 12.9 Å². The van der Waals surface area contributed by atoms with Crippen LogP contribution < -0.4 is 0 Å². The van der Waals surface area contributed by atoms with Gasteiger partial charge in [0, 0.05) is 7.11 Å². The van der Waals surface area contributed by atoms with E-state index in [4.69, 9.17) is 13.9 Å². The lowest BCUT2D eigenvalue weighted by Gasteiger charge is -2.12. The summed E-state index contributed by atoms with van der Waals surface area (Å²) in [7, 11) is 1.61. The van der Waals surface area contributed by atoms with E-state index in [2.05, 4.69) is 6.92 Å². The van der Waals surface area contributed by atoms with Crippen molar-refractivity contribution in [3.8, 4) is 0 Å². The van der Waals surface area contributed by atoms with E-state index < -0.39 is 0 Å². The van der Waals surface area contributed by atoms with Gasteiger partial charge in [-0.05, 0) is 18.6 Å². The SMILES string of the molecule is CCCCOC(OC)c1ccco1. The molecule has 0 aliphatic carbocycles. The lowest BCUT2D eigenvalue weighted by molar-refractivity contribution is -0.139. The summed E-state index contributed by atoms with van der Waals surface area (Å²) in [5.41, 5.74) is 0. The molecule has 1 atom stereocenters. The van der Waals surface area contributed by atoms with Crippen LogP contribution in [0.4, 0.5) is 0 Å². The Morgan fingerprint density at radius 1 is 1.54 bits per heavy atom. The van der Waals surface area contributed by atoms with E-state index in [1.165, 1.54) is 0 Å². The maximum atomic E-state index is 5.46. The second kappa shape index (κ2) is 5.78. The molecule has 0 N–H and O–H groups in total. The molecule has 1 aromatic heterocycles. The highest BCUT2D eigenvalue weighted by atomic mass is 16.7. The summed E-state index contributed by atoms with van der Waals surface area (Å²) in [6.45, 7) is 2.83. The van der Waals surface area contributed by atoms with E-state index in [-0.39, 0.29) is 6.29 Å². The van der Waals surface area contributed by atoms with Gasteiger partial charge in [0.2, 0.25) is 6.29 Å². The molecular weight excluding hydrogens is 168 g/mol. The van der Waals surface area contributed by atoms with E-state index in [9.17, 15) is 0 Å². The van der Waals surface area contributed by atoms with Crippen molar-refractivity contribution in [3.05, 3.63) is 24.2 Å². The van der Waals surface area contributed by atoms with Gasteiger partial charge < -0.3 is 13.9 Å². The zero-order valence-electron chi connectivity index (χ0n) is 8.16. The molecule has 0 saturated heterocycles. The second-order valence-corrected chi connectivity index (χ2v) is 2.81. The Hall–Kier alpha value is -0.800. The molecule has 13 heavy (non-hydrogen) atoms.